The van der Waals surface area contributed by atoms with Crippen molar-refractivity contribution >= 4 is 23.0 Å². The third-order valence-electron chi connectivity index (χ3n) is 5.36. The summed E-state index contributed by atoms with van der Waals surface area (Å²) in [6.45, 7) is 2.57. The Bertz CT molecular complexity index is 1060. The number of carbonyl (C=O) groups excluding carboxylic acids is 2. The second-order valence-electron chi connectivity index (χ2n) is 7.28. The Morgan fingerprint density at radius 1 is 1.27 bits per heavy atom. The van der Waals surface area contributed by atoms with Gasteiger partial charge in [0.05, 0.1) is 12.1 Å². The molecule has 156 valence electrons. The molecule has 2 aromatic heterocycles. The first-order chi connectivity index (χ1) is 14.5. The van der Waals surface area contributed by atoms with E-state index >= 15 is 0 Å². The highest BCUT2D eigenvalue weighted by Crippen LogP contribution is 2.35. The molecule has 0 aliphatic carbocycles. The first-order valence-electron chi connectivity index (χ1n) is 9.81. The fourth-order valence-corrected chi connectivity index (χ4v) is 4.49. The molecule has 6 nitrogen and oxygen atoms in total. The van der Waals surface area contributed by atoms with Gasteiger partial charge < -0.3 is 14.6 Å². The first kappa shape index (κ1) is 20.4. The van der Waals surface area contributed by atoms with Crippen LogP contribution in [0.15, 0.2) is 46.2 Å². The van der Waals surface area contributed by atoms with Crippen LogP contribution in [0.1, 0.15) is 69.2 Å². The van der Waals surface area contributed by atoms with Crippen molar-refractivity contribution in [1.82, 2.24) is 15.2 Å². The molecule has 0 radical (unpaired) electrons. The van der Waals surface area contributed by atoms with Gasteiger partial charge in [-0.15, -0.1) is 11.3 Å². The predicted octanol–water partition coefficient (Wildman–Crippen LogP) is 4.36. The van der Waals surface area contributed by atoms with Crippen LogP contribution in [0.4, 0.5) is 4.39 Å². The SMILES string of the molecule is CNC(C)c1ccc(C(=O)N2CCCC2c2nc(C(=O)c3ccc(F)cc3)cs2)o1. The third-order valence-corrected chi connectivity index (χ3v) is 6.30. The van der Waals surface area contributed by atoms with E-state index < -0.39 is 5.82 Å². The van der Waals surface area contributed by atoms with E-state index in [4.69, 9.17) is 4.42 Å². The molecule has 1 fully saturated rings. The van der Waals surface area contributed by atoms with Crippen LogP contribution in [0.25, 0.3) is 0 Å². The van der Waals surface area contributed by atoms with Crippen LogP contribution in [-0.2, 0) is 0 Å². The van der Waals surface area contributed by atoms with E-state index in [0.717, 1.165) is 17.8 Å². The zero-order chi connectivity index (χ0) is 21.3. The van der Waals surface area contributed by atoms with E-state index in [1.807, 2.05) is 20.0 Å². The van der Waals surface area contributed by atoms with Gasteiger partial charge in [-0.05, 0) is 63.2 Å². The van der Waals surface area contributed by atoms with Crippen LogP contribution in [0.5, 0.6) is 0 Å². The second-order valence-corrected chi connectivity index (χ2v) is 8.17. The van der Waals surface area contributed by atoms with Crippen LogP contribution in [0, 0.1) is 5.82 Å². The summed E-state index contributed by atoms with van der Waals surface area (Å²) in [5.41, 5.74) is 0.693. The summed E-state index contributed by atoms with van der Waals surface area (Å²) >= 11 is 1.36. The fourth-order valence-electron chi connectivity index (χ4n) is 3.54. The number of carbonyl (C=O) groups is 2. The second kappa shape index (κ2) is 8.49. The fraction of sp³-hybridized carbons (Fsp3) is 0.318. The van der Waals surface area contributed by atoms with Crippen molar-refractivity contribution in [2.75, 3.05) is 13.6 Å². The van der Waals surface area contributed by atoms with Crippen LogP contribution in [0.2, 0.25) is 0 Å². The molecule has 30 heavy (non-hydrogen) atoms. The van der Waals surface area contributed by atoms with Gasteiger partial charge in [0.2, 0.25) is 5.78 Å². The molecule has 0 saturated carbocycles. The normalized spacial score (nSPS) is 17.3. The highest BCUT2D eigenvalue weighted by atomic mass is 32.1. The molecular weight excluding hydrogens is 405 g/mol. The van der Waals surface area contributed by atoms with E-state index in [1.54, 1.807) is 16.3 Å². The molecule has 1 N–H and O–H groups in total. The smallest absolute Gasteiger partial charge is 0.290 e. The topological polar surface area (TPSA) is 75.4 Å². The van der Waals surface area contributed by atoms with Crippen molar-refractivity contribution in [3.05, 3.63) is 75.4 Å². The van der Waals surface area contributed by atoms with Gasteiger partial charge in [-0.2, -0.15) is 0 Å². The zero-order valence-electron chi connectivity index (χ0n) is 16.7. The Balaban J connectivity index is 1.52. The summed E-state index contributed by atoms with van der Waals surface area (Å²) in [6.07, 6.45) is 1.64. The Hall–Kier alpha value is -2.84. The van der Waals surface area contributed by atoms with E-state index in [0.29, 0.717) is 29.3 Å². The molecule has 1 aliphatic rings. The van der Waals surface area contributed by atoms with Gasteiger partial charge >= 0.3 is 0 Å². The number of rotatable bonds is 6. The minimum atomic E-state index is -0.393. The van der Waals surface area contributed by atoms with Gasteiger partial charge in [0.15, 0.2) is 5.76 Å². The summed E-state index contributed by atoms with van der Waals surface area (Å²) in [5, 5.41) is 5.51. The molecule has 1 amide bonds. The number of nitrogens with zero attached hydrogens (tertiary/aromatic N) is 2. The molecule has 8 heteroatoms. The quantitative estimate of drug-likeness (QED) is 0.592. The van der Waals surface area contributed by atoms with Crippen molar-refractivity contribution in [3.63, 3.8) is 0 Å². The number of thiazole rings is 1. The molecule has 2 atom stereocenters. The number of aromatic nitrogens is 1. The van der Waals surface area contributed by atoms with E-state index in [-0.39, 0.29) is 23.8 Å². The summed E-state index contributed by atoms with van der Waals surface area (Å²) in [6, 6.07) is 8.74. The molecule has 1 aliphatic heterocycles. The summed E-state index contributed by atoms with van der Waals surface area (Å²) in [4.78, 5) is 31.9. The maximum atomic E-state index is 13.1. The average molecular weight is 428 g/mol. The number of benzene rings is 1. The zero-order valence-corrected chi connectivity index (χ0v) is 17.5. The number of ketones is 1. The Labute approximate surface area is 177 Å². The van der Waals surface area contributed by atoms with Gasteiger partial charge in [0.25, 0.3) is 5.91 Å². The van der Waals surface area contributed by atoms with E-state index in [2.05, 4.69) is 10.3 Å². The predicted molar refractivity (Wildman–Crippen MR) is 111 cm³/mol. The standard InChI is InChI=1S/C22H22FN3O3S/c1-13(24-2)18-9-10-19(29-18)22(28)26-11-3-4-17(26)21-25-16(12-30-21)20(27)14-5-7-15(23)8-6-14/h5-10,12-13,17,24H,3-4,11H2,1-2H3. The van der Waals surface area contributed by atoms with E-state index in [1.165, 1.54) is 35.6 Å². The Kier molecular flexibility index (Phi) is 5.78. The number of halogens is 1. The van der Waals surface area contributed by atoms with E-state index in [9.17, 15) is 14.0 Å². The summed E-state index contributed by atoms with van der Waals surface area (Å²) < 4.78 is 18.9. The van der Waals surface area contributed by atoms with Crippen molar-refractivity contribution in [2.45, 2.75) is 31.8 Å². The van der Waals surface area contributed by atoms with Crippen molar-refractivity contribution < 1.29 is 18.4 Å². The van der Waals surface area contributed by atoms with Crippen molar-refractivity contribution in [1.29, 1.82) is 0 Å². The average Bonchev–Trinajstić information content (AvgIpc) is 3.52. The lowest BCUT2D eigenvalue weighted by atomic mass is 10.1. The maximum absolute atomic E-state index is 13.1. The number of amides is 1. The molecule has 3 heterocycles. The van der Waals surface area contributed by atoms with Crippen LogP contribution in [0.3, 0.4) is 0 Å². The molecule has 3 aromatic rings. The largest absolute Gasteiger partial charge is 0.454 e. The highest BCUT2D eigenvalue weighted by Gasteiger charge is 2.34. The minimum absolute atomic E-state index is 0.0138. The minimum Gasteiger partial charge on any atom is -0.454 e. The van der Waals surface area contributed by atoms with Gasteiger partial charge in [0, 0.05) is 17.5 Å². The molecule has 2 unspecified atom stereocenters. The number of hydrogen-bond donors (Lipinski definition) is 1. The number of hydrogen-bond acceptors (Lipinski definition) is 6. The van der Waals surface area contributed by atoms with Gasteiger partial charge in [-0.1, -0.05) is 0 Å². The number of furan rings is 1. The number of nitrogens with one attached hydrogen (secondary N) is 1. The molecule has 4 rings (SSSR count). The lowest BCUT2D eigenvalue weighted by Gasteiger charge is -2.22. The molecule has 1 saturated heterocycles. The van der Waals surface area contributed by atoms with Gasteiger partial charge in [-0.3, -0.25) is 9.59 Å². The summed E-state index contributed by atoms with van der Waals surface area (Å²) in [7, 11) is 1.83. The highest BCUT2D eigenvalue weighted by molar-refractivity contribution is 7.10. The summed E-state index contributed by atoms with van der Waals surface area (Å²) in [5.74, 6) is 0.186. The molecule has 1 aromatic carbocycles. The third kappa shape index (κ3) is 3.93. The van der Waals surface area contributed by atoms with Crippen molar-refractivity contribution in [3.8, 4) is 0 Å². The molecular formula is C22H22FN3O3S. The molecule has 0 spiro atoms. The van der Waals surface area contributed by atoms with Crippen LogP contribution >= 0.6 is 11.3 Å². The Morgan fingerprint density at radius 2 is 2.03 bits per heavy atom. The van der Waals surface area contributed by atoms with Gasteiger partial charge in [-0.25, -0.2) is 9.37 Å². The van der Waals surface area contributed by atoms with Crippen LogP contribution in [-0.4, -0.2) is 35.2 Å². The van der Waals surface area contributed by atoms with Crippen molar-refractivity contribution in [2.24, 2.45) is 0 Å². The lowest BCUT2D eigenvalue weighted by molar-refractivity contribution is 0.0700. The van der Waals surface area contributed by atoms with Gasteiger partial charge in [0.1, 0.15) is 22.3 Å². The maximum Gasteiger partial charge on any atom is 0.290 e. The van der Waals surface area contributed by atoms with Crippen LogP contribution < -0.4 is 5.32 Å². The number of likely N-dealkylation sites (tertiary alicyclic amines) is 1. The monoisotopic (exact) mass is 427 g/mol. The first-order valence-corrected chi connectivity index (χ1v) is 10.7. The molecule has 0 bridgehead atoms. The Morgan fingerprint density at radius 3 is 2.77 bits per heavy atom. The lowest BCUT2D eigenvalue weighted by Crippen LogP contribution is -2.30.